The van der Waals surface area contributed by atoms with Crippen molar-refractivity contribution in [2.24, 2.45) is 5.92 Å². The van der Waals surface area contributed by atoms with Gasteiger partial charge in [0.25, 0.3) is 0 Å². The van der Waals surface area contributed by atoms with Crippen LogP contribution in [0.4, 0.5) is 0 Å². The molecule has 2 fully saturated rings. The van der Waals surface area contributed by atoms with E-state index >= 15 is 0 Å². The highest BCUT2D eigenvalue weighted by molar-refractivity contribution is 7.89. The molecule has 2 bridgehead atoms. The summed E-state index contributed by atoms with van der Waals surface area (Å²) in [7, 11) is -1.54. The maximum Gasteiger partial charge on any atom is 0.214 e. The molecular weight excluding hydrogens is 302 g/mol. The Hall–Kier alpha value is -1.27. The Balaban J connectivity index is 1.70. The minimum Gasteiger partial charge on any atom is -0.497 e. The molecule has 1 saturated carbocycles. The lowest BCUT2D eigenvalue weighted by Crippen LogP contribution is -2.48. The van der Waals surface area contributed by atoms with E-state index in [1.165, 1.54) is 0 Å². The molecule has 1 heterocycles. The molecule has 0 spiro atoms. The Morgan fingerprint density at radius 2 is 1.86 bits per heavy atom. The van der Waals surface area contributed by atoms with Crippen molar-refractivity contribution in [2.45, 2.75) is 38.3 Å². The largest absolute Gasteiger partial charge is 0.497 e. The maximum atomic E-state index is 12.4. The zero-order chi connectivity index (χ0) is 15.7. The van der Waals surface area contributed by atoms with Gasteiger partial charge in [0.05, 0.1) is 18.9 Å². The molecule has 0 aromatic heterocycles. The molecule has 2 aliphatic rings. The molecule has 0 amide bonds. The molecule has 5 nitrogen and oxygen atoms in total. The van der Waals surface area contributed by atoms with Crippen molar-refractivity contribution in [3.63, 3.8) is 0 Å². The van der Waals surface area contributed by atoms with Gasteiger partial charge < -0.3 is 9.47 Å². The molecule has 1 aliphatic heterocycles. The lowest BCUT2D eigenvalue weighted by Gasteiger charge is -2.33. The summed E-state index contributed by atoms with van der Waals surface area (Å²) in [6.45, 7) is 2.13. The topological polar surface area (TPSA) is 55.8 Å². The fraction of sp³-hybridized carbons (Fsp3) is 0.625. The van der Waals surface area contributed by atoms with Gasteiger partial charge in [-0.15, -0.1) is 0 Å². The average molecular weight is 325 g/mol. The quantitative estimate of drug-likeness (QED) is 0.805. The van der Waals surface area contributed by atoms with Crippen molar-refractivity contribution in [3.8, 4) is 11.5 Å². The molecule has 22 heavy (non-hydrogen) atoms. The molecule has 1 aliphatic carbocycles. The third kappa shape index (κ3) is 2.82. The summed E-state index contributed by atoms with van der Waals surface area (Å²) in [5.41, 5.74) is 0. The molecule has 1 aromatic rings. The molecular formula is C16H23NO4S. The van der Waals surface area contributed by atoms with Crippen molar-refractivity contribution in [3.05, 3.63) is 24.3 Å². The number of rotatable bonds is 6. The number of fused-ring (bicyclic) bond motifs is 2. The Morgan fingerprint density at radius 3 is 2.50 bits per heavy atom. The van der Waals surface area contributed by atoms with Crippen molar-refractivity contribution in [1.82, 2.24) is 4.31 Å². The first-order chi connectivity index (χ1) is 10.5. The summed E-state index contributed by atoms with van der Waals surface area (Å²) in [5.74, 6) is 2.12. The monoisotopic (exact) mass is 325 g/mol. The Bertz CT molecular complexity index is 614. The van der Waals surface area contributed by atoms with E-state index < -0.39 is 10.0 Å². The summed E-state index contributed by atoms with van der Waals surface area (Å²) in [5, 5.41) is 0. The van der Waals surface area contributed by atoms with E-state index in [-0.39, 0.29) is 17.8 Å². The zero-order valence-corrected chi connectivity index (χ0v) is 13.9. The smallest absolute Gasteiger partial charge is 0.214 e. The van der Waals surface area contributed by atoms with Crippen LogP contribution >= 0.6 is 0 Å². The van der Waals surface area contributed by atoms with Crippen molar-refractivity contribution in [2.75, 3.05) is 19.5 Å². The highest BCUT2D eigenvalue weighted by Crippen LogP contribution is 2.44. The van der Waals surface area contributed by atoms with E-state index in [0.717, 1.165) is 30.8 Å². The van der Waals surface area contributed by atoms with Crippen LogP contribution in [0.5, 0.6) is 11.5 Å². The van der Waals surface area contributed by atoms with Crippen LogP contribution < -0.4 is 9.47 Å². The molecule has 0 radical (unpaired) electrons. The molecule has 122 valence electrons. The molecule has 0 N–H and O–H groups in total. The van der Waals surface area contributed by atoms with Gasteiger partial charge in [0.2, 0.25) is 10.0 Å². The predicted octanol–water partition coefficient (Wildman–Crippen LogP) is 2.28. The highest BCUT2D eigenvalue weighted by Gasteiger charge is 2.50. The summed E-state index contributed by atoms with van der Waals surface area (Å²) in [6.07, 6.45) is 3.08. The number of ether oxygens (including phenoxy) is 2. The van der Waals surface area contributed by atoms with Gasteiger partial charge >= 0.3 is 0 Å². The minimum atomic E-state index is -3.16. The molecule has 3 atom stereocenters. The van der Waals surface area contributed by atoms with E-state index in [4.69, 9.17) is 9.47 Å². The molecule has 0 unspecified atom stereocenters. The molecule has 1 aromatic carbocycles. The standard InChI is InChI=1S/C16H23NO4S/c1-3-22(18,19)17-13-5-4-12(10-13)16(17)11-21-15-8-6-14(20-2)7-9-15/h6-9,12-13,16H,3-5,10-11H2,1-2H3/t12-,13+,16+/m0/s1. The fourth-order valence-corrected chi connectivity index (χ4v) is 5.29. The van der Waals surface area contributed by atoms with Gasteiger partial charge in [-0.1, -0.05) is 0 Å². The van der Waals surface area contributed by atoms with Gasteiger partial charge in [-0.25, -0.2) is 8.42 Å². The van der Waals surface area contributed by atoms with Crippen LogP contribution in [0.15, 0.2) is 24.3 Å². The van der Waals surface area contributed by atoms with Crippen LogP contribution in [-0.2, 0) is 10.0 Å². The second-order valence-corrected chi connectivity index (χ2v) is 8.17. The average Bonchev–Trinajstić information content (AvgIpc) is 3.14. The minimum absolute atomic E-state index is 0.0224. The predicted molar refractivity (Wildman–Crippen MR) is 84.7 cm³/mol. The number of piperidine rings is 1. The second kappa shape index (κ2) is 6.08. The summed E-state index contributed by atoms with van der Waals surface area (Å²) in [6, 6.07) is 7.55. The summed E-state index contributed by atoms with van der Waals surface area (Å²) < 4.78 is 37.4. The number of methoxy groups -OCH3 is 1. The van der Waals surface area contributed by atoms with Crippen molar-refractivity contribution >= 4 is 10.0 Å². The molecule has 6 heteroatoms. The van der Waals surface area contributed by atoms with Gasteiger partial charge in [-0.05, 0) is 56.4 Å². The van der Waals surface area contributed by atoms with Gasteiger partial charge in [-0.2, -0.15) is 4.31 Å². The van der Waals surface area contributed by atoms with Crippen LogP contribution in [0, 0.1) is 5.92 Å². The van der Waals surface area contributed by atoms with Gasteiger partial charge in [0.1, 0.15) is 18.1 Å². The van der Waals surface area contributed by atoms with Crippen LogP contribution in [0.3, 0.4) is 0 Å². The lowest BCUT2D eigenvalue weighted by atomic mass is 10.0. The normalized spacial score (nSPS) is 28.0. The Labute approximate surface area is 132 Å². The first-order valence-corrected chi connectivity index (χ1v) is 9.44. The van der Waals surface area contributed by atoms with Gasteiger partial charge in [0.15, 0.2) is 0 Å². The highest BCUT2D eigenvalue weighted by atomic mass is 32.2. The summed E-state index contributed by atoms with van der Waals surface area (Å²) >= 11 is 0. The third-order valence-electron chi connectivity index (χ3n) is 4.84. The van der Waals surface area contributed by atoms with Gasteiger partial charge in [0, 0.05) is 6.04 Å². The SMILES string of the molecule is CCS(=O)(=O)N1[C@@H]2CC[C@@H](C2)[C@H]1COc1ccc(OC)cc1. The Kier molecular flexibility index (Phi) is 4.32. The number of nitrogens with zero attached hydrogens (tertiary/aromatic N) is 1. The van der Waals surface area contributed by atoms with E-state index in [2.05, 4.69) is 0 Å². The van der Waals surface area contributed by atoms with E-state index in [0.29, 0.717) is 12.5 Å². The van der Waals surface area contributed by atoms with Crippen LogP contribution in [0.2, 0.25) is 0 Å². The number of hydrogen-bond acceptors (Lipinski definition) is 4. The molecule has 3 rings (SSSR count). The second-order valence-electron chi connectivity index (χ2n) is 6.01. The van der Waals surface area contributed by atoms with Crippen LogP contribution in [0.25, 0.3) is 0 Å². The number of benzene rings is 1. The van der Waals surface area contributed by atoms with Crippen molar-refractivity contribution in [1.29, 1.82) is 0 Å². The first kappa shape index (κ1) is 15.6. The fourth-order valence-electron chi connectivity index (χ4n) is 3.70. The maximum absolute atomic E-state index is 12.4. The van der Waals surface area contributed by atoms with Crippen LogP contribution in [0.1, 0.15) is 26.2 Å². The van der Waals surface area contributed by atoms with E-state index in [9.17, 15) is 8.42 Å². The first-order valence-electron chi connectivity index (χ1n) is 7.83. The van der Waals surface area contributed by atoms with Gasteiger partial charge in [-0.3, -0.25) is 0 Å². The van der Waals surface area contributed by atoms with E-state index in [1.807, 2.05) is 24.3 Å². The number of hydrogen-bond donors (Lipinski definition) is 0. The molecule has 1 saturated heterocycles. The van der Waals surface area contributed by atoms with Crippen LogP contribution in [-0.4, -0.2) is 44.3 Å². The summed E-state index contributed by atoms with van der Waals surface area (Å²) in [4.78, 5) is 0. The van der Waals surface area contributed by atoms with E-state index in [1.54, 1.807) is 18.3 Å². The Morgan fingerprint density at radius 1 is 1.18 bits per heavy atom. The third-order valence-corrected chi connectivity index (χ3v) is 6.78. The van der Waals surface area contributed by atoms with Crippen molar-refractivity contribution < 1.29 is 17.9 Å². The lowest BCUT2D eigenvalue weighted by molar-refractivity contribution is 0.162. The number of sulfonamides is 1. The zero-order valence-electron chi connectivity index (χ0n) is 13.1.